The molecule has 7 heteroatoms. The number of carbonyl (C=O) groups is 2. The minimum absolute atomic E-state index is 0.0618. The second kappa shape index (κ2) is 14.8. The Hall–Kier alpha value is -1.18. The van der Waals surface area contributed by atoms with Crippen LogP contribution in [0, 0.1) is 21.7 Å². The lowest BCUT2D eigenvalue weighted by atomic mass is 9.77. The van der Waals surface area contributed by atoms with Gasteiger partial charge in [0.1, 0.15) is 13.1 Å². The van der Waals surface area contributed by atoms with E-state index in [0.29, 0.717) is 43.6 Å². The highest BCUT2D eigenvalue weighted by atomic mass is 16.5. The second-order valence-corrected chi connectivity index (χ2v) is 17.2. The number of quaternary nitrogens is 2. The van der Waals surface area contributed by atoms with E-state index >= 15 is 0 Å². The fourth-order valence-electron chi connectivity index (χ4n) is 6.57. The van der Waals surface area contributed by atoms with E-state index in [4.69, 9.17) is 14.2 Å². The molecule has 0 saturated carbocycles. The summed E-state index contributed by atoms with van der Waals surface area (Å²) >= 11 is 0. The summed E-state index contributed by atoms with van der Waals surface area (Å²) in [6, 6.07) is 0. The summed E-state index contributed by atoms with van der Waals surface area (Å²) in [5.74, 6) is -0.296. The van der Waals surface area contributed by atoms with Crippen LogP contribution in [0.2, 0.25) is 0 Å². The standard InChI is InChI=1S/C33H66N2O5/c1-30(2,3)24-32(7,8)26-39-28(36)14-18-34(11,16-13-17-35(12)20-22-38-23-21-35)19-15-29(37)40-27-33(9,10)25-31(4,5)6/h13-27H2,1-12H3/q+2. The summed E-state index contributed by atoms with van der Waals surface area (Å²) in [6.07, 6.45) is 3.72. The fourth-order valence-corrected chi connectivity index (χ4v) is 6.57. The Labute approximate surface area is 247 Å². The maximum absolute atomic E-state index is 12.8. The van der Waals surface area contributed by atoms with E-state index in [1.54, 1.807) is 0 Å². The number of nitrogens with zero attached hydrogens (tertiary/aromatic N) is 2. The zero-order valence-electron chi connectivity index (χ0n) is 28.5. The van der Waals surface area contributed by atoms with Gasteiger partial charge in [-0.1, -0.05) is 69.2 Å². The molecule has 0 spiro atoms. The van der Waals surface area contributed by atoms with Gasteiger partial charge in [0.2, 0.25) is 0 Å². The second-order valence-electron chi connectivity index (χ2n) is 17.2. The number of hydrogen-bond acceptors (Lipinski definition) is 5. The van der Waals surface area contributed by atoms with Crippen molar-refractivity contribution in [3.63, 3.8) is 0 Å². The van der Waals surface area contributed by atoms with Crippen LogP contribution in [0.5, 0.6) is 0 Å². The molecule has 0 radical (unpaired) electrons. The minimum Gasteiger partial charge on any atom is -0.465 e. The quantitative estimate of drug-likeness (QED) is 0.166. The average Bonchev–Trinajstić information content (AvgIpc) is 2.76. The van der Waals surface area contributed by atoms with Gasteiger partial charge in [0, 0.05) is 6.42 Å². The maximum Gasteiger partial charge on any atom is 0.311 e. The molecule has 0 bridgehead atoms. The number of likely N-dealkylation sites (N-methyl/N-ethyl adjacent to an activating group) is 1. The van der Waals surface area contributed by atoms with Gasteiger partial charge in [-0.3, -0.25) is 9.59 Å². The Morgan fingerprint density at radius 2 is 1.12 bits per heavy atom. The van der Waals surface area contributed by atoms with Crippen LogP contribution in [-0.4, -0.2) is 101 Å². The van der Waals surface area contributed by atoms with Gasteiger partial charge in [-0.05, 0) is 34.5 Å². The van der Waals surface area contributed by atoms with Gasteiger partial charge in [-0.15, -0.1) is 0 Å². The highest BCUT2D eigenvalue weighted by Crippen LogP contribution is 2.34. The van der Waals surface area contributed by atoms with Gasteiger partial charge < -0.3 is 23.2 Å². The van der Waals surface area contributed by atoms with Crippen molar-refractivity contribution >= 4 is 11.9 Å². The van der Waals surface area contributed by atoms with E-state index in [1.165, 1.54) is 0 Å². The van der Waals surface area contributed by atoms with E-state index in [9.17, 15) is 9.59 Å². The lowest BCUT2D eigenvalue weighted by Crippen LogP contribution is -2.54. The Morgan fingerprint density at radius 3 is 1.50 bits per heavy atom. The summed E-state index contributed by atoms with van der Waals surface area (Å²) in [5.41, 5.74) is 0.240. The largest absolute Gasteiger partial charge is 0.465 e. The van der Waals surface area contributed by atoms with Crippen LogP contribution in [0.3, 0.4) is 0 Å². The normalized spacial score (nSPS) is 17.0. The molecule has 1 fully saturated rings. The van der Waals surface area contributed by atoms with Crippen LogP contribution < -0.4 is 0 Å². The molecule has 0 aromatic heterocycles. The van der Waals surface area contributed by atoms with Gasteiger partial charge in [-0.25, -0.2) is 0 Å². The van der Waals surface area contributed by atoms with Gasteiger partial charge in [0.25, 0.3) is 0 Å². The number of esters is 2. The SMILES string of the molecule is CC(C)(C)CC(C)(C)COC(=O)CC[N+](C)(CCC[N+]1(C)CCOCC1)CCC(=O)OCC(C)(C)CC(C)(C)C. The van der Waals surface area contributed by atoms with Gasteiger partial charge >= 0.3 is 11.9 Å². The number of rotatable bonds is 16. The smallest absolute Gasteiger partial charge is 0.311 e. The van der Waals surface area contributed by atoms with Crippen molar-refractivity contribution in [3.05, 3.63) is 0 Å². The molecule has 0 aromatic rings. The van der Waals surface area contributed by atoms with Gasteiger partial charge in [0.15, 0.2) is 0 Å². The monoisotopic (exact) mass is 570 g/mol. The number of carbonyl (C=O) groups excluding carboxylic acids is 2. The third-order valence-corrected chi connectivity index (χ3v) is 7.92. The zero-order valence-corrected chi connectivity index (χ0v) is 28.5. The lowest BCUT2D eigenvalue weighted by Gasteiger charge is -2.39. The van der Waals surface area contributed by atoms with Crippen LogP contribution in [0.4, 0.5) is 0 Å². The molecule has 40 heavy (non-hydrogen) atoms. The summed E-state index contributed by atoms with van der Waals surface area (Å²) in [7, 11) is 4.48. The molecule has 1 aliphatic heterocycles. The third-order valence-electron chi connectivity index (χ3n) is 7.92. The molecule has 0 unspecified atom stereocenters. The van der Waals surface area contributed by atoms with Crippen molar-refractivity contribution < 1.29 is 32.8 Å². The molecule has 0 amide bonds. The molecule has 1 saturated heterocycles. The molecule has 1 heterocycles. The number of ether oxygens (including phenoxy) is 3. The molecular weight excluding hydrogens is 504 g/mol. The molecule has 0 atom stereocenters. The fraction of sp³-hybridized carbons (Fsp3) is 0.939. The van der Waals surface area contributed by atoms with Crippen molar-refractivity contribution in [3.8, 4) is 0 Å². The molecule has 236 valence electrons. The van der Waals surface area contributed by atoms with E-state index < -0.39 is 0 Å². The van der Waals surface area contributed by atoms with Crippen molar-refractivity contribution in [2.24, 2.45) is 21.7 Å². The Kier molecular flexibility index (Phi) is 13.7. The summed E-state index contributed by atoms with van der Waals surface area (Å²) in [4.78, 5) is 25.6. The maximum atomic E-state index is 12.8. The average molecular weight is 571 g/mol. The lowest BCUT2D eigenvalue weighted by molar-refractivity contribution is -0.931. The first-order chi connectivity index (χ1) is 18.0. The summed E-state index contributed by atoms with van der Waals surface area (Å²) in [5, 5.41) is 0. The van der Waals surface area contributed by atoms with E-state index in [0.717, 1.165) is 63.1 Å². The van der Waals surface area contributed by atoms with Crippen LogP contribution in [0.15, 0.2) is 0 Å². The Morgan fingerprint density at radius 1 is 0.725 bits per heavy atom. The summed E-state index contributed by atoms with van der Waals surface area (Å²) in [6.45, 7) is 29.8. The van der Waals surface area contributed by atoms with Gasteiger partial charge in [-0.2, -0.15) is 0 Å². The molecule has 1 aliphatic rings. The van der Waals surface area contributed by atoms with E-state index in [2.05, 4.69) is 83.3 Å². The zero-order chi connectivity index (χ0) is 30.9. The van der Waals surface area contributed by atoms with Crippen molar-refractivity contribution in [1.82, 2.24) is 0 Å². The van der Waals surface area contributed by atoms with Crippen LogP contribution in [0.25, 0.3) is 0 Å². The van der Waals surface area contributed by atoms with Crippen molar-refractivity contribution in [2.45, 2.75) is 101 Å². The first-order valence-electron chi connectivity index (χ1n) is 15.6. The van der Waals surface area contributed by atoms with Crippen LogP contribution in [-0.2, 0) is 23.8 Å². The predicted molar refractivity (Wildman–Crippen MR) is 164 cm³/mol. The highest BCUT2D eigenvalue weighted by Gasteiger charge is 2.32. The molecule has 0 aliphatic carbocycles. The topological polar surface area (TPSA) is 61.8 Å². The van der Waals surface area contributed by atoms with Gasteiger partial charge in [0.05, 0.1) is 79.5 Å². The Balaban J connectivity index is 2.72. The molecule has 7 nitrogen and oxygen atoms in total. The van der Waals surface area contributed by atoms with Crippen LogP contribution >= 0.6 is 0 Å². The molecule has 0 aromatic carbocycles. The molecule has 1 rings (SSSR count). The van der Waals surface area contributed by atoms with Crippen molar-refractivity contribution in [2.75, 3.05) is 79.8 Å². The highest BCUT2D eigenvalue weighted by molar-refractivity contribution is 5.70. The molecule has 0 N–H and O–H groups in total. The van der Waals surface area contributed by atoms with E-state index in [1.807, 2.05) is 0 Å². The first-order valence-corrected chi connectivity index (χ1v) is 15.6. The number of hydrogen-bond donors (Lipinski definition) is 0. The van der Waals surface area contributed by atoms with E-state index in [-0.39, 0.29) is 33.6 Å². The third kappa shape index (κ3) is 16.9. The van der Waals surface area contributed by atoms with Crippen molar-refractivity contribution in [1.29, 1.82) is 0 Å². The minimum atomic E-state index is -0.148. The van der Waals surface area contributed by atoms with Crippen LogP contribution in [0.1, 0.15) is 101 Å². The first kappa shape index (κ1) is 36.8. The predicted octanol–water partition coefficient (Wildman–Crippen LogP) is 6.09. The summed E-state index contributed by atoms with van der Waals surface area (Å²) < 4.78 is 18.7. The Bertz CT molecular complexity index is 738. The molecular formula is C33H66N2O5+2. The number of morpholine rings is 1.